The molecule has 1 aliphatic carbocycles. The molecule has 0 unspecified atom stereocenters. The Kier molecular flexibility index (Phi) is 7.72. The molecule has 146 valence electrons. The Morgan fingerprint density at radius 2 is 2.07 bits per heavy atom. The molecule has 1 fully saturated rings. The van der Waals surface area contributed by atoms with E-state index >= 15 is 0 Å². The van der Waals surface area contributed by atoms with Crippen LogP contribution in [0.4, 0.5) is 0 Å². The Labute approximate surface area is 162 Å². The smallest absolute Gasteiger partial charge is 0.262 e. The van der Waals surface area contributed by atoms with Crippen molar-refractivity contribution in [3.8, 4) is 17.6 Å². The molecule has 2 atom stereocenters. The van der Waals surface area contributed by atoms with Crippen molar-refractivity contribution in [1.82, 2.24) is 5.32 Å². The van der Waals surface area contributed by atoms with E-state index in [2.05, 4.69) is 26.1 Å². The van der Waals surface area contributed by atoms with E-state index in [0.29, 0.717) is 29.9 Å². The van der Waals surface area contributed by atoms with Crippen LogP contribution in [-0.4, -0.2) is 25.7 Å². The molecule has 0 bridgehead atoms. The highest BCUT2D eigenvalue weighted by atomic mass is 16.5. The van der Waals surface area contributed by atoms with Crippen LogP contribution < -0.4 is 14.8 Å². The van der Waals surface area contributed by atoms with Gasteiger partial charge in [-0.3, -0.25) is 4.79 Å². The second-order valence-corrected chi connectivity index (χ2v) is 7.63. The maximum Gasteiger partial charge on any atom is 0.262 e. The van der Waals surface area contributed by atoms with Gasteiger partial charge in [0, 0.05) is 6.04 Å². The van der Waals surface area contributed by atoms with E-state index in [1.807, 2.05) is 18.2 Å². The summed E-state index contributed by atoms with van der Waals surface area (Å²) in [5.74, 6) is 1.78. The van der Waals surface area contributed by atoms with Gasteiger partial charge in [-0.15, -0.1) is 0 Å². The van der Waals surface area contributed by atoms with Crippen molar-refractivity contribution in [3.05, 3.63) is 29.3 Å². The number of hydrogen-bond donors (Lipinski definition) is 1. The third kappa shape index (κ3) is 6.02. The first-order chi connectivity index (χ1) is 12.9. The first-order valence-electron chi connectivity index (χ1n) is 9.68. The molecule has 5 heteroatoms. The molecule has 27 heavy (non-hydrogen) atoms. The monoisotopic (exact) mass is 370 g/mol. The van der Waals surface area contributed by atoms with Crippen LogP contribution in [0.15, 0.2) is 23.8 Å². The Morgan fingerprint density at radius 1 is 1.33 bits per heavy atom. The van der Waals surface area contributed by atoms with E-state index < -0.39 is 0 Å². The van der Waals surface area contributed by atoms with Crippen molar-refractivity contribution < 1.29 is 14.3 Å². The highest BCUT2D eigenvalue weighted by molar-refractivity contribution is 6.01. The lowest BCUT2D eigenvalue weighted by atomic mass is 9.86. The van der Waals surface area contributed by atoms with Crippen LogP contribution in [0.25, 0.3) is 6.08 Å². The number of carbonyl (C=O) groups excluding carboxylic acids is 1. The van der Waals surface area contributed by atoms with Gasteiger partial charge in [0.1, 0.15) is 11.6 Å². The maximum absolute atomic E-state index is 12.5. The van der Waals surface area contributed by atoms with Gasteiger partial charge in [0.25, 0.3) is 5.91 Å². The third-order valence-corrected chi connectivity index (χ3v) is 4.86. The normalized spacial score (nSPS) is 20.1. The SMILES string of the molecule is COc1cc(/C=C(\C#N)C(=O)N[C@@H]2CCCC[C@@H]2C)ccc1OCC(C)C. The van der Waals surface area contributed by atoms with E-state index in [0.717, 1.165) is 24.8 Å². The first kappa shape index (κ1) is 20.8. The van der Waals surface area contributed by atoms with Crippen molar-refractivity contribution in [1.29, 1.82) is 5.26 Å². The lowest BCUT2D eigenvalue weighted by Crippen LogP contribution is -2.41. The molecule has 0 radical (unpaired) electrons. The maximum atomic E-state index is 12.5. The van der Waals surface area contributed by atoms with E-state index in [1.165, 1.54) is 6.42 Å². The van der Waals surface area contributed by atoms with Crippen molar-refractivity contribution in [2.75, 3.05) is 13.7 Å². The zero-order valence-corrected chi connectivity index (χ0v) is 16.7. The molecule has 0 saturated heterocycles. The van der Waals surface area contributed by atoms with E-state index in [1.54, 1.807) is 19.3 Å². The van der Waals surface area contributed by atoms with E-state index in [4.69, 9.17) is 9.47 Å². The van der Waals surface area contributed by atoms with Crippen molar-refractivity contribution in [3.63, 3.8) is 0 Å². The van der Waals surface area contributed by atoms with Gasteiger partial charge in [-0.05, 0) is 48.4 Å². The summed E-state index contributed by atoms with van der Waals surface area (Å²) in [5, 5.41) is 12.5. The summed E-state index contributed by atoms with van der Waals surface area (Å²) in [4.78, 5) is 12.5. The third-order valence-electron chi connectivity index (χ3n) is 4.86. The van der Waals surface area contributed by atoms with Crippen LogP contribution in [0.5, 0.6) is 11.5 Å². The van der Waals surface area contributed by atoms with Crippen LogP contribution in [0.3, 0.4) is 0 Å². The largest absolute Gasteiger partial charge is 0.493 e. The van der Waals surface area contributed by atoms with Crippen LogP contribution >= 0.6 is 0 Å². The number of methoxy groups -OCH3 is 1. The number of hydrogen-bond acceptors (Lipinski definition) is 4. The van der Waals surface area contributed by atoms with Crippen LogP contribution in [-0.2, 0) is 4.79 Å². The summed E-state index contributed by atoms with van der Waals surface area (Å²) < 4.78 is 11.1. The summed E-state index contributed by atoms with van der Waals surface area (Å²) in [6, 6.07) is 7.58. The minimum Gasteiger partial charge on any atom is -0.493 e. The summed E-state index contributed by atoms with van der Waals surface area (Å²) in [6.07, 6.45) is 6.01. The minimum atomic E-state index is -0.310. The van der Waals surface area contributed by atoms with Crippen molar-refractivity contribution in [2.24, 2.45) is 11.8 Å². The number of amides is 1. The number of nitrogens with one attached hydrogen (secondary N) is 1. The van der Waals surface area contributed by atoms with Crippen LogP contribution in [0.2, 0.25) is 0 Å². The Balaban J connectivity index is 2.13. The van der Waals surface area contributed by atoms with Gasteiger partial charge < -0.3 is 14.8 Å². The molecule has 1 amide bonds. The van der Waals surface area contributed by atoms with Gasteiger partial charge in [-0.25, -0.2) is 0 Å². The topological polar surface area (TPSA) is 71.3 Å². The molecule has 0 aromatic heterocycles. The summed E-state index contributed by atoms with van der Waals surface area (Å²) in [7, 11) is 1.58. The molecule has 1 aromatic carbocycles. The number of nitrogens with zero attached hydrogens (tertiary/aromatic N) is 1. The highest BCUT2D eigenvalue weighted by Crippen LogP contribution is 2.29. The molecule has 0 heterocycles. The standard InChI is InChI=1S/C22H30N2O3/c1-15(2)14-27-20-10-9-17(12-21(20)26-4)11-18(13-23)22(25)24-19-8-6-5-7-16(19)3/h9-12,15-16,19H,5-8,14H2,1-4H3,(H,24,25)/b18-11+/t16-,19+/m0/s1. The highest BCUT2D eigenvalue weighted by Gasteiger charge is 2.24. The molecule has 1 aromatic rings. The van der Waals surface area contributed by atoms with E-state index in [-0.39, 0.29) is 17.5 Å². The van der Waals surface area contributed by atoms with Gasteiger partial charge in [0.15, 0.2) is 11.5 Å². The Bertz CT molecular complexity index is 719. The Morgan fingerprint density at radius 3 is 2.70 bits per heavy atom. The van der Waals surface area contributed by atoms with Gasteiger partial charge in [-0.1, -0.05) is 39.7 Å². The number of benzene rings is 1. The van der Waals surface area contributed by atoms with Gasteiger partial charge >= 0.3 is 0 Å². The zero-order valence-electron chi connectivity index (χ0n) is 16.7. The fourth-order valence-corrected chi connectivity index (χ4v) is 3.24. The molecular weight excluding hydrogens is 340 g/mol. The molecule has 0 aliphatic heterocycles. The van der Waals surface area contributed by atoms with Crippen LogP contribution in [0, 0.1) is 23.2 Å². The predicted octanol–water partition coefficient (Wildman–Crippen LogP) is 4.33. The van der Waals surface area contributed by atoms with Crippen molar-refractivity contribution >= 4 is 12.0 Å². The average Bonchev–Trinajstić information content (AvgIpc) is 2.66. The number of nitriles is 1. The summed E-state index contributed by atoms with van der Waals surface area (Å²) in [5.41, 5.74) is 0.831. The molecule has 1 saturated carbocycles. The molecule has 1 N–H and O–H groups in total. The number of carbonyl (C=O) groups is 1. The fourth-order valence-electron chi connectivity index (χ4n) is 3.24. The second-order valence-electron chi connectivity index (χ2n) is 7.63. The Hall–Kier alpha value is -2.48. The zero-order chi connectivity index (χ0) is 19.8. The molecule has 5 nitrogen and oxygen atoms in total. The number of rotatable bonds is 7. The second kappa shape index (κ2) is 10.0. The molecular formula is C22H30N2O3. The summed E-state index contributed by atoms with van der Waals surface area (Å²) >= 11 is 0. The van der Waals surface area contributed by atoms with Crippen molar-refractivity contribution in [2.45, 2.75) is 52.5 Å². The lowest BCUT2D eigenvalue weighted by molar-refractivity contribution is -0.118. The lowest BCUT2D eigenvalue weighted by Gasteiger charge is -2.29. The van der Waals surface area contributed by atoms with Gasteiger partial charge in [0.05, 0.1) is 13.7 Å². The fraction of sp³-hybridized carbons (Fsp3) is 0.545. The quantitative estimate of drug-likeness (QED) is 0.573. The molecule has 2 rings (SSSR count). The average molecular weight is 370 g/mol. The van der Waals surface area contributed by atoms with E-state index in [9.17, 15) is 10.1 Å². The number of ether oxygens (including phenoxy) is 2. The van der Waals surface area contributed by atoms with Gasteiger partial charge in [0.2, 0.25) is 0 Å². The predicted molar refractivity (Wildman–Crippen MR) is 106 cm³/mol. The van der Waals surface area contributed by atoms with Crippen LogP contribution in [0.1, 0.15) is 52.0 Å². The van der Waals surface area contributed by atoms with Gasteiger partial charge in [-0.2, -0.15) is 5.26 Å². The molecule has 1 aliphatic rings. The first-order valence-corrected chi connectivity index (χ1v) is 9.68. The minimum absolute atomic E-state index is 0.102. The summed E-state index contributed by atoms with van der Waals surface area (Å²) in [6.45, 7) is 6.90. The molecule has 0 spiro atoms.